The first-order chi connectivity index (χ1) is 5.49. The van der Waals surface area contributed by atoms with Crippen molar-refractivity contribution in [3.63, 3.8) is 0 Å². The molecule has 3 N–H and O–H groups in total. The van der Waals surface area contributed by atoms with E-state index in [0.29, 0.717) is 0 Å². The van der Waals surface area contributed by atoms with Crippen LogP contribution in [0.15, 0.2) is 0 Å². The second kappa shape index (κ2) is 5.00. The van der Waals surface area contributed by atoms with Gasteiger partial charge in [-0.15, -0.1) is 0 Å². The number of carboxylic acid groups (broad SMARTS) is 1. The Labute approximate surface area is 75.2 Å². The molecule has 0 radical (unpaired) electrons. The molecule has 0 fully saturated rings. The summed E-state index contributed by atoms with van der Waals surface area (Å²) >= 11 is 3.79. The summed E-state index contributed by atoms with van der Waals surface area (Å²) in [6.45, 7) is 0.885. The number of hydrogen-bond acceptors (Lipinski definition) is 4. The predicted molar refractivity (Wildman–Crippen MR) is 45.1 cm³/mol. The Morgan fingerprint density at radius 1 is 1.58 bits per heavy atom. The smallest absolute Gasteiger partial charge is 0.328 e. The zero-order valence-corrected chi connectivity index (χ0v) is 7.41. The first-order valence-corrected chi connectivity index (χ1v) is 3.82. The highest BCUT2D eigenvalue weighted by molar-refractivity contribution is 7.81. The number of aliphatic hydroxyl groups excluding tert-OH is 1. The van der Waals surface area contributed by atoms with Crippen LogP contribution in [0.3, 0.4) is 0 Å². The van der Waals surface area contributed by atoms with Gasteiger partial charge in [-0.3, -0.25) is 4.79 Å². The van der Waals surface area contributed by atoms with E-state index in [9.17, 15) is 9.59 Å². The van der Waals surface area contributed by atoms with Gasteiger partial charge in [0.2, 0.25) is 5.91 Å². The van der Waals surface area contributed by atoms with Crippen molar-refractivity contribution in [2.45, 2.75) is 18.2 Å². The fraction of sp³-hybridized carbons (Fsp3) is 0.667. The fourth-order valence-electron chi connectivity index (χ4n) is 0.478. The SMILES string of the molecule is CC(S)C(=O)NC(CO)C(=O)O. The van der Waals surface area contributed by atoms with Crippen LogP contribution in [-0.2, 0) is 9.59 Å². The second-order valence-corrected chi connectivity index (χ2v) is 3.03. The Kier molecular flexibility index (Phi) is 4.68. The topological polar surface area (TPSA) is 86.6 Å². The van der Waals surface area contributed by atoms with Gasteiger partial charge in [-0.1, -0.05) is 0 Å². The van der Waals surface area contributed by atoms with E-state index in [2.05, 4.69) is 17.9 Å². The van der Waals surface area contributed by atoms with Crippen molar-refractivity contribution >= 4 is 24.5 Å². The lowest BCUT2D eigenvalue weighted by Crippen LogP contribution is -2.45. The van der Waals surface area contributed by atoms with Crippen molar-refractivity contribution in [1.29, 1.82) is 0 Å². The summed E-state index contributed by atoms with van der Waals surface area (Å²) in [5, 5.41) is 18.4. The van der Waals surface area contributed by atoms with Gasteiger partial charge < -0.3 is 15.5 Å². The van der Waals surface area contributed by atoms with E-state index in [1.54, 1.807) is 0 Å². The molecule has 2 atom stereocenters. The van der Waals surface area contributed by atoms with Crippen LogP contribution in [0.2, 0.25) is 0 Å². The molecule has 1 amide bonds. The van der Waals surface area contributed by atoms with Crippen LogP contribution in [0.1, 0.15) is 6.92 Å². The molecule has 0 saturated carbocycles. The van der Waals surface area contributed by atoms with Crippen molar-refractivity contribution in [1.82, 2.24) is 5.32 Å². The highest BCUT2D eigenvalue weighted by Gasteiger charge is 2.20. The quantitative estimate of drug-likeness (QED) is 0.425. The van der Waals surface area contributed by atoms with Crippen LogP contribution in [0.25, 0.3) is 0 Å². The van der Waals surface area contributed by atoms with Gasteiger partial charge in [0.25, 0.3) is 0 Å². The Balaban J connectivity index is 4.03. The zero-order chi connectivity index (χ0) is 9.72. The molecular formula is C6H11NO4S. The molecular weight excluding hydrogens is 182 g/mol. The molecule has 0 saturated heterocycles. The molecule has 5 nitrogen and oxygen atoms in total. The number of amides is 1. The van der Waals surface area contributed by atoms with Gasteiger partial charge in [-0.25, -0.2) is 4.79 Å². The number of aliphatic hydroxyl groups is 1. The summed E-state index contributed by atoms with van der Waals surface area (Å²) in [4.78, 5) is 21.1. The molecule has 0 heterocycles. The monoisotopic (exact) mass is 193 g/mol. The normalized spacial score (nSPS) is 14.9. The Bertz CT molecular complexity index is 182. The first-order valence-electron chi connectivity index (χ1n) is 3.31. The minimum absolute atomic E-state index is 0.514. The minimum Gasteiger partial charge on any atom is -0.480 e. The number of carbonyl (C=O) groups is 2. The van der Waals surface area contributed by atoms with Crippen LogP contribution in [0.5, 0.6) is 0 Å². The van der Waals surface area contributed by atoms with Crippen molar-refractivity contribution in [2.24, 2.45) is 0 Å². The lowest BCUT2D eigenvalue weighted by atomic mass is 10.3. The molecule has 70 valence electrons. The van der Waals surface area contributed by atoms with Gasteiger partial charge in [0.1, 0.15) is 6.04 Å². The molecule has 0 aliphatic rings. The van der Waals surface area contributed by atoms with Gasteiger partial charge >= 0.3 is 5.97 Å². The summed E-state index contributed by atoms with van der Waals surface area (Å²) in [6.07, 6.45) is 0. The number of hydrogen-bond donors (Lipinski definition) is 4. The van der Waals surface area contributed by atoms with Crippen molar-refractivity contribution in [3.05, 3.63) is 0 Å². The average molecular weight is 193 g/mol. The average Bonchev–Trinajstić information content (AvgIpc) is 1.98. The molecule has 0 aromatic rings. The Morgan fingerprint density at radius 2 is 2.08 bits per heavy atom. The Morgan fingerprint density at radius 3 is 2.33 bits per heavy atom. The van der Waals surface area contributed by atoms with Gasteiger partial charge in [0.15, 0.2) is 0 Å². The summed E-state index contributed by atoms with van der Waals surface area (Å²) in [7, 11) is 0. The molecule has 0 aromatic carbocycles. The number of carboxylic acids is 1. The third-order valence-corrected chi connectivity index (χ3v) is 1.41. The highest BCUT2D eigenvalue weighted by Crippen LogP contribution is 1.93. The maximum atomic E-state index is 10.9. The number of carbonyl (C=O) groups excluding carboxylic acids is 1. The number of nitrogens with one attached hydrogen (secondary N) is 1. The largest absolute Gasteiger partial charge is 0.480 e. The minimum atomic E-state index is -1.26. The van der Waals surface area contributed by atoms with Gasteiger partial charge in [-0.05, 0) is 6.92 Å². The summed E-state index contributed by atoms with van der Waals surface area (Å²) in [6, 6.07) is -1.24. The molecule has 0 aromatic heterocycles. The van der Waals surface area contributed by atoms with Crippen molar-refractivity contribution < 1.29 is 19.8 Å². The van der Waals surface area contributed by atoms with Crippen LogP contribution < -0.4 is 5.32 Å². The number of aliphatic carboxylic acids is 1. The number of rotatable bonds is 4. The fourth-order valence-corrected chi connectivity index (χ4v) is 0.552. The molecule has 0 bridgehead atoms. The van der Waals surface area contributed by atoms with Crippen LogP contribution in [-0.4, -0.2) is 40.0 Å². The summed E-state index contributed by atoms with van der Waals surface area (Å²) < 4.78 is 0. The maximum absolute atomic E-state index is 10.9. The van der Waals surface area contributed by atoms with Gasteiger partial charge in [-0.2, -0.15) is 12.6 Å². The van der Waals surface area contributed by atoms with E-state index in [1.165, 1.54) is 6.92 Å². The molecule has 0 spiro atoms. The molecule has 0 aliphatic heterocycles. The van der Waals surface area contributed by atoms with E-state index >= 15 is 0 Å². The van der Waals surface area contributed by atoms with E-state index in [-0.39, 0.29) is 0 Å². The second-order valence-electron chi connectivity index (χ2n) is 2.26. The van der Waals surface area contributed by atoms with E-state index in [0.717, 1.165) is 0 Å². The Hall–Kier alpha value is -0.750. The summed E-state index contributed by atoms with van der Waals surface area (Å²) in [5.41, 5.74) is 0. The third kappa shape index (κ3) is 3.59. The molecule has 0 aliphatic carbocycles. The van der Waals surface area contributed by atoms with E-state index < -0.39 is 29.8 Å². The lowest BCUT2D eigenvalue weighted by Gasteiger charge is -2.12. The molecule has 2 unspecified atom stereocenters. The van der Waals surface area contributed by atoms with E-state index in [4.69, 9.17) is 10.2 Å². The lowest BCUT2D eigenvalue weighted by molar-refractivity contribution is -0.142. The van der Waals surface area contributed by atoms with Gasteiger partial charge in [0.05, 0.1) is 11.9 Å². The number of thiol groups is 1. The standard InChI is InChI=1S/C6H11NO4S/c1-3(12)5(9)7-4(2-8)6(10)11/h3-4,8,12H,2H2,1H3,(H,7,9)(H,10,11). The predicted octanol–water partition coefficient (Wildman–Crippen LogP) is -1.13. The molecule has 0 rings (SSSR count). The van der Waals surface area contributed by atoms with Crippen molar-refractivity contribution in [2.75, 3.05) is 6.61 Å². The maximum Gasteiger partial charge on any atom is 0.328 e. The van der Waals surface area contributed by atoms with Crippen molar-refractivity contribution in [3.8, 4) is 0 Å². The first kappa shape index (κ1) is 11.2. The molecule has 12 heavy (non-hydrogen) atoms. The zero-order valence-electron chi connectivity index (χ0n) is 6.52. The third-order valence-electron chi connectivity index (χ3n) is 1.18. The van der Waals surface area contributed by atoms with Gasteiger partial charge in [0, 0.05) is 0 Å². The van der Waals surface area contributed by atoms with Crippen LogP contribution >= 0.6 is 12.6 Å². The molecule has 6 heteroatoms. The van der Waals surface area contributed by atoms with Crippen LogP contribution in [0, 0.1) is 0 Å². The van der Waals surface area contributed by atoms with E-state index in [1.807, 2.05) is 0 Å². The summed E-state index contributed by atoms with van der Waals surface area (Å²) in [5.74, 6) is -1.78. The highest BCUT2D eigenvalue weighted by atomic mass is 32.1. The van der Waals surface area contributed by atoms with Crippen LogP contribution in [0.4, 0.5) is 0 Å².